The Balaban J connectivity index is 2.22. The summed E-state index contributed by atoms with van der Waals surface area (Å²) in [6, 6.07) is 4.13. The van der Waals surface area contributed by atoms with Crippen LogP contribution in [-0.4, -0.2) is 41.1 Å². The van der Waals surface area contributed by atoms with Crippen LogP contribution >= 0.6 is 11.8 Å². The van der Waals surface area contributed by atoms with Crippen molar-refractivity contribution >= 4 is 34.6 Å². The molecule has 0 aliphatic rings. The van der Waals surface area contributed by atoms with Crippen LogP contribution in [0.2, 0.25) is 0 Å². The van der Waals surface area contributed by atoms with Gasteiger partial charge in [0.2, 0.25) is 0 Å². The number of ether oxygens (including phenoxy) is 1. The maximum absolute atomic E-state index is 12.4. The lowest BCUT2D eigenvalue weighted by atomic mass is 10.0. The normalized spacial score (nSPS) is 13.1. The summed E-state index contributed by atoms with van der Waals surface area (Å²) >= 11 is 1.51. The molecule has 0 saturated carbocycles. The first-order valence-corrected chi connectivity index (χ1v) is 11.4. The van der Waals surface area contributed by atoms with E-state index in [2.05, 4.69) is 12.2 Å². The SMILES string of the molecule is CCCCc1cc(=O)oc2c(C)c(OC(C)C(=O)NC(CCSC)C(=O)O)ccc12. The number of aliphatic carboxylic acids is 1. The van der Waals surface area contributed by atoms with Crippen LogP contribution in [0.5, 0.6) is 5.75 Å². The van der Waals surface area contributed by atoms with Gasteiger partial charge >= 0.3 is 11.6 Å². The molecular weight excluding hydrogens is 406 g/mol. The number of nitrogens with one attached hydrogen (secondary N) is 1. The molecule has 0 bridgehead atoms. The summed E-state index contributed by atoms with van der Waals surface area (Å²) < 4.78 is 11.2. The maximum atomic E-state index is 12.4. The number of amides is 1. The van der Waals surface area contributed by atoms with Gasteiger partial charge in [-0.1, -0.05) is 13.3 Å². The van der Waals surface area contributed by atoms with Crippen LogP contribution in [-0.2, 0) is 16.0 Å². The minimum atomic E-state index is -1.08. The molecule has 2 atom stereocenters. The first-order chi connectivity index (χ1) is 14.3. The van der Waals surface area contributed by atoms with Gasteiger partial charge in [0.05, 0.1) is 0 Å². The van der Waals surface area contributed by atoms with E-state index in [0.717, 1.165) is 30.2 Å². The van der Waals surface area contributed by atoms with E-state index in [-0.39, 0.29) is 0 Å². The zero-order chi connectivity index (χ0) is 22.3. The molecule has 1 aromatic carbocycles. The van der Waals surface area contributed by atoms with Gasteiger partial charge < -0.3 is 19.6 Å². The quantitative estimate of drug-likeness (QED) is 0.520. The molecule has 30 heavy (non-hydrogen) atoms. The zero-order valence-corrected chi connectivity index (χ0v) is 18.6. The highest BCUT2D eigenvalue weighted by Crippen LogP contribution is 2.29. The number of unbranched alkanes of at least 4 members (excludes halogenated alkanes) is 1. The van der Waals surface area contributed by atoms with Gasteiger partial charge in [0.25, 0.3) is 5.91 Å². The first kappa shape index (κ1) is 23.8. The molecule has 2 unspecified atom stereocenters. The second-order valence-corrected chi connectivity index (χ2v) is 8.19. The molecule has 0 fully saturated rings. The van der Waals surface area contributed by atoms with Crippen molar-refractivity contribution in [3.05, 3.63) is 39.7 Å². The van der Waals surface area contributed by atoms with Crippen LogP contribution < -0.4 is 15.7 Å². The topological polar surface area (TPSA) is 106 Å². The Kier molecular flexibility index (Phi) is 8.77. The third-order valence-electron chi connectivity index (χ3n) is 4.89. The molecule has 2 aromatic rings. The number of hydrogen-bond acceptors (Lipinski definition) is 6. The zero-order valence-electron chi connectivity index (χ0n) is 17.8. The number of fused-ring (bicyclic) bond motifs is 1. The molecule has 0 radical (unpaired) electrons. The highest BCUT2D eigenvalue weighted by atomic mass is 32.2. The van der Waals surface area contributed by atoms with Gasteiger partial charge in [0.15, 0.2) is 6.10 Å². The van der Waals surface area contributed by atoms with Gasteiger partial charge in [-0.25, -0.2) is 9.59 Å². The number of hydrogen-bond donors (Lipinski definition) is 2. The van der Waals surface area contributed by atoms with E-state index in [9.17, 15) is 19.5 Å². The smallest absolute Gasteiger partial charge is 0.336 e. The van der Waals surface area contributed by atoms with Crippen LogP contribution in [0.4, 0.5) is 0 Å². The number of carboxylic acids is 1. The van der Waals surface area contributed by atoms with E-state index in [1.54, 1.807) is 19.9 Å². The van der Waals surface area contributed by atoms with E-state index in [0.29, 0.717) is 29.1 Å². The van der Waals surface area contributed by atoms with Crippen LogP contribution in [0.15, 0.2) is 27.4 Å². The summed E-state index contributed by atoms with van der Waals surface area (Å²) in [4.78, 5) is 35.8. The molecule has 0 spiro atoms. The summed E-state index contributed by atoms with van der Waals surface area (Å²) in [7, 11) is 0. The van der Waals surface area contributed by atoms with E-state index in [1.165, 1.54) is 17.8 Å². The predicted molar refractivity (Wildman–Crippen MR) is 118 cm³/mol. The Bertz CT molecular complexity index is 955. The molecule has 0 aliphatic heterocycles. The Morgan fingerprint density at radius 2 is 2.07 bits per heavy atom. The number of aryl methyl sites for hydroxylation is 2. The average molecular weight is 436 g/mol. The Labute approximate surface area is 180 Å². The van der Waals surface area contributed by atoms with Crippen LogP contribution in [0.25, 0.3) is 11.0 Å². The summed E-state index contributed by atoms with van der Waals surface area (Å²) in [5.41, 5.74) is 1.58. The molecule has 164 valence electrons. The lowest BCUT2D eigenvalue weighted by Gasteiger charge is -2.20. The minimum Gasteiger partial charge on any atom is -0.480 e. The number of rotatable bonds is 11. The molecule has 7 nitrogen and oxygen atoms in total. The van der Waals surface area contributed by atoms with Crippen LogP contribution in [0, 0.1) is 6.92 Å². The van der Waals surface area contributed by atoms with Crippen molar-refractivity contribution in [2.75, 3.05) is 12.0 Å². The van der Waals surface area contributed by atoms with Gasteiger partial charge in [0, 0.05) is 17.0 Å². The second kappa shape index (κ2) is 11.1. The highest BCUT2D eigenvalue weighted by molar-refractivity contribution is 7.98. The number of benzene rings is 1. The standard InChI is InChI=1S/C22H29NO6S/c1-5-6-7-15-12-19(24)29-20-13(2)18(9-8-16(15)20)28-14(3)21(25)23-17(22(26)27)10-11-30-4/h8-9,12,14,17H,5-7,10-11H2,1-4H3,(H,23,25)(H,26,27). The van der Waals surface area contributed by atoms with Crippen molar-refractivity contribution in [2.45, 2.75) is 58.6 Å². The Hall–Kier alpha value is -2.48. The van der Waals surface area contributed by atoms with E-state index < -0.39 is 29.6 Å². The number of carboxylic acid groups (broad SMARTS) is 1. The van der Waals surface area contributed by atoms with Gasteiger partial charge in [-0.15, -0.1) is 0 Å². The lowest BCUT2D eigenvalue weighted by molar-refractivity contribution is -0.142. The van der Waals surface area contributed by atoms with Crippen LogP contribution in [0.3, 0.4) is 0 Å². The lowest BCUT2D eigenvalue weighted by Crippen LogP contribution is -2.46. The molecule has 0 saturated heterocycles. The van der Waals surface area contributed by atoms with Crippen molar-refractivity contribution < 1.29 is 23.8 Å². The minimum absolute atomic E-state index is 0.329. The van der Waals surface area contributed by atoms with Crippen molar-refractivity contribution in [1.29, 1.82) is 0 Å². The average Bonchev–Trinajstić information content (AvgIpc) is 2.71. The number of carbonyl (C=O) groups excluding carboxylic acids is 1. The molecule has 1 amide bonds. The largest absolute Gasteiger partial charge is 0.480 e. The van der Waals surface area contributed by atoms with Crippen molar-refractivity contribution in [1.82, 2.24) is 5.32 Å². The second-order valence-electron chi connectivity index (χ2n) is 7.20. The summed E-state index contributed by atoms with van der Waals surface area (Å²) in [5.74, 6) is -0.554. The monoisotopic (exact) mass is 435 g/mol. The molecular formula is C22H29NO6S. The molecule has 8 heteroatoms. The number of thioether (sulfide) groups is 1. The predicted octanol–water partition coefficient (Wildman–Crippen LogP) is 3.53. The van der Waals surface area contributed by atoms with Crippen molar-refractivity contribution in [3.63, 3.8) is 0 Å². The van der Waals surface area contributed by atoms with Gasteiger partial charge in [-0.3, -0.25) is 4.79 Å². The molecule has 1 aromatic heterocycles. The first-order valence-electron chi connectivity index (χ1n) is 10.0. The van der Waals surface area contributed by atoms with Crippen molar-refractivity contribution in [2.24, 2.45) is 0 Å². The summed E-state index contributed by atoms with van der Waals surface area (Å²) in [6.07, 6.45) is 4.06. The maximum Gasteiger partial charge on any atom is 0.336 e. The fourth-order valence-electron chi connectivity index (χ4n) is 3.14. The third kappa shape index (κ3) is 6.01. The Morgan fingerprint density at radius 1 is 1.33 bits per heavy atom. The third-order valence-corrected chi connectivity index (χ3v) is 5.54. The van der Waals surface area contributed by atoms with Crippen LogP contribution in [0.1, 0.15) is 44.2 Å². The number of carbonyl (C=O) groups is 2. The van der Waals surface area contributed by atoms with Gasteiger partial charge in [0.1, 0.15) is 17.4 Å². The Morgan fingerprint density at radius 3 is 2.70 bits per heavy atom. The molecule has 0 aliphatic carbocycles. The fraction of sp³-hybridized carbons (Fsp3) is 0.500. The molecule has 2 N–H and O–H groups in total. The van der Waals surface area contributed by atoms with Gasteiger partial charge in [-0.05, 0) is 62.8 Å². The highest BCUT2D eigenvalue weighted by Gasteiger charge is 2.24. The van der Waals surface area contributed by atoms with E-state index >= 15 is 0 Å². The summed E-state index contributed by atoms with van der Waals surface area (Å²) in [5, 5.41) is 12.7. The fourth-order valence-corrected chi connectivity index (χ4v) is 3.61. The van der Waals surface area contributed by atoms with Gasteiger partial charge in [-0.2, -0.15) is 11.8 Å². The van der Waals surface area contributed by atoms with E-state index in [1.807, 2.05) is 12.3 Å². The summed E-state index contributed by atoms with van der Waals surface area (Å²) in [6.45, 7) is 5.42. The van der Waals surface area contributed by atoms with Crippen molar-refractivity contribution in [3.8, 4) is 5.75 Å². The molecule has 2 rings (SSSR count). The van der Waals surface area contributed by atoms with E-state index in [4.69, 9.17) is 9.15 Å². The molecule has 1 heterocycles.